The van der Waals surface area contributed by atoms with Gasteiger partial charge in [-0.2, -0.15) is 0 Å². The van der Waals surface area contributed by atoms with E-state index >= 15 is 0 Å². The Balaban J connectivity index is 2.08. The van der Waals surface area contributed by atoms with Gasteiger partial charge in [0.05, 0.1) is 30.2 Å². The molecule has 1 amide bonds. The van der Waals surface area contributed by atoms with Crippen molar-refractivity contribution in [1.29, 1.82) is 0 Å². The summed E-state index contributed by atoms with van der Waals surface area (Å²) in [7, 11) is 3.08. The zero-order chi connectivity index (χ0) is 18.7. The van der Waals surface area contributed by atoms with Gasteiger partial charge in [0.1, 0.15) is 5.75 Å². The average molecular weight is 373 g/mol. The first-order valence-corrected chi connectivity index (χ1v) is 8.91. The lowest BCUT2D eigenvalue weighted by Gasteiger charge is -2.26. The number of nitrogens with zero attached hydrogens (tertiary/aromatic N) is 1. The number of Topliss-reactive ketones (excluding diaryl/α,β-unsaturated/α-hetero) is 1. The zero-order valence-corrected chi connectivity index (χ0v) is 15.3. The van der Waals surface area contributed by atoms with E-state index in [2.05, 4.69) is 0 Å². The summed E-state index contributed by atoms with van der Waals surface area (Å²) in [5.41, 5.74) is 0.777. The van der Waals surface area contributed by atoms with Gasteiger partial charge in [0, 0.05) is 13.7 Å². The smallest absolute Gasteiger partial charge is 0.290 e. The number of hydrogen-bond acceptors (Lipinski definition) is 6. The molecule has 1 aliphatic rings. The maximum atomic E-state index is 13.0. The van der Waals surface area contributed by atoms with Crippen LogP contribution >= 0.6 is 11.3 Å². The Morgan fingerprint density at radius 3 is 2.73 bits per heavy atom. The molecule has 26 heavy (non-hydrogen) atoms. The first-order chi connectivity index (χ1) is 12.6. The SMILES string of the molecule is COCCN1C(=O)C(O)=C(C(=O)c2cccs2)C1c1cccc(OC)c1. The third-order valence-electron chi connectivity index (χ3n) is 4.24. The molecular weight excluding hydrogens is 354 g/mol. The molecule has 0 radical (unpaired) electrons. The number of carbonyl (C=O) groups excluding carboxylic acids is 2. The van der Waals surface area contributed by atoms with Crippen LogP contribution in [0.3, 0.4) is 0 Å². The summed E-state index contributed by atoms with van der Waals surface area (Å²) in [6, 6.07) is 9.88. The van der Waals surface area contributed by atoms with Gasteiger partial charge in [-0.25, -0.2) is 0 Å². The lowest BCUT2D eigenvalue weighted by atomic mass is 9.95. The number of amides is 1. The Morgan fingerprint density at radius 2 is 2.08 bits per heavy atom. The maximum Gasteiger partial charge on any atom is 0.290 e. The van der Waals surface area contributed by atoms with Crippen LogP contribution in [-0.4, -0.2) is 49.1 Å². The van der Waals surface area contributed by atoms with Crippen LogP contribution in [0.2, 0.25) is 0 Å². The Hall–Kier alpha value is -2.64. The molecule has 0 aliphatic carbocycles. The molecule has 0 saturated heterocycles. The average Bonchev–Trinajstić information content (AvgIpc) is 3.28. The maximum absolute atomic E-state index is 13.0. The predicted molar refractivity (Wildman–Crippen MR) is 97.6 cm³/mol. The van der Waals surface area contributed by atoms with E-state index in [-0.39, 0.29) is 17.9 Å². The summed E-state index contributed by atoms with van der Waals surface area (Å²) in [5, 5.41) is 12.2. The minimum Gasteiger partial charge on any atom is -0.503 e. The van der Waals surface area contributed by atoms with Crippen molar-refractivity contribution in [3.05, 3.63) is 63.6 Å². The van der Waals surface area contributed by atoms with E-state index in [1.54, 1.807) is 48.9 Å². The molecule has 1 unspecified atom stereocenters. The highest BCUT2D eigenvalue weighted by molar-refractivity contribution is 7.12. The van der Waals surface area contributed by atoms with Crippen LogP contribution in [0, 0.1) is 0 Å². The molecule has 136 valence electrons. The standard InChI is InChI=1S/C19H19NO5S/c1-24-9-8-20-16(12-5-3-6-13(11-12)25-2)15(18(22)19(20)23)17(21)14-7-4-10-26-14/h3-7,10-11,16,22H,8-9H2,1-2H3. The minimum absolute atomic E-state index is 0.0850. The topological polar surface area (TPSA) is 76.1 Å². The van der Waals surface area contributed by atoms with Gasteiger partial charge in [0.2, 0.25) is 5.78 Å². The lowest BCUT2D eigenvalue weighted by molar-refractivity contribution is -0.130. The minimum atomic E-state index is -0.692. The molecule has 0 spiro atoms. The largest absolute Gasteiger partial charge is 0.503 e. The van der Waals surface area contributed by atoms with Crippen molar-refractivity contribution < 1.29 is 24.2 Å². The quantitative estimate of drug-likeness (QED) is 0.755. The van der Waals surface area contributed by atoms with Crippen LogP contribution in [0.5, 0.6) is 5.75 Å². The number of thiophene rings is 1. The normalized spacial score (nSPS) is 17.1. The Morgan fingerprint density at radius 1 is 1.27 bits per heavy atom. The molecular formula is C19H19NO5S. The van der Waals surface area contributed by atoms with Crippen molar-refractivity contribution in [2.75, 3.05) is 27.4 Å². The number of benzene rings is 1. The van der Waals surface area contributed by atoms with Gasteiger partial charge in [-0.05, 0) is 29.1 Å². The van der Waals surface area contributed by atoms with Crippen LogP contribution in [0.4, 0.5) is 0 Å². The molecule has 1 aromatic carbocycles. The number of methoxy groups -OCH3 is 2. The van der Waals surface area contributed by atoms with E-state index in [0.29, 0.717) is 22.8 Å². The fourth-order valence-electron chi connectivity index (χ4n) is 3.00. The van der Waals surface area contributed by atoms with Gasteiger partial charge in [-0.3, -0.25) is 9.59 Å². The molecule has 2 aromatic rings. The number of hydrogen-bond donors (Lipinski definition) is 1. The van der Waals surface area contributed by atoms with Crippen molar-refractivity contribution in [2.45, 2.75) is 6.04 Å². The second-order valence-corrected chi connectivity index (χ2v) is 6.69. The second kappa shape index (κ2) is 7.72. The monoisotopic (exact) mass is 373 g/mol. The lowest BCUT2D eigenvalue weighted by Crippen LogP contribution is -2.33. The molecule has 1 N–H and O–H groups in total. The second-order valence-electron chi connectivity index (χ2n) is 5.74. The molecule has 0 saturated carbocycles. The first kappa shape index (κ1) is 18.2. The van der Waals surface area contributed by atoms with E-state index < -0.39 is 17.7 Å². The summed E-state index contributed by atoms with van der Waals surface area (Å²) in [6.07, 6.45) is 0. The van der Waals surface area contributed by atoms with Crippen molar-refractivity contribution in [3.8, 4) is 5.75 Å². The predicted octanol–water partition coefficient (Wildman–Crippen LogP) is 2.98. The van der Waals surface area contributed by atoms with Crippen LogP contribution < -0.4 is 4.74 Å². The zero-order valence-electron chi connectivity index (χ0n) is 14.5. The van der Waals surface area contributed by atoms with E-state index in [0.717, 1.165) is 0 Å². The van der Waals surface area contributed by atoms with Crippen LogP contribution in [-0.2, 0) is 9.53 Å². The number of ketones is 1. The molecule has 1 atom stereocenters. The summed E-state index contributed by atoms with van der Waals surface area (Å²) in [5.74, 6) is -0.823. The van der Waals surface area contributed by atoms with E-state index in [9.17, 15) is 14.7 Å². The third-order valence-corrected chi connectivity index (χ3v) is 5.11. The summed E-state index contributed by atoms with van der Waals surface area (Å²) in [4.78, 5) is 27.5. The van der Waals surface area contributed by atoms with E-state index in [1.807, 2.05) is 0 Å². The molecule has 7 heteroatoms. The molecule has 1 aromatic heterocycles. The van der Waals surface area contributed by atoms with Gasteiger partial charge in [-0.1, -0.05) is 18.2 Å². The van der Waals surface area contributed by atoms with Crippen LogP contribution in [0.25, 0.3) is 0 Å². The Kier molecular flexibility index (Phi) is 5.39. The summed E-state index contributed by atoms with van der Waals surface area (Å²) in [6.45, 7) is 0.544. The van der Waals surface area contributed by atoms with Gasteiger partial charge in [-0.15, -0.1) is 11.3 Å². The Bertz CT molecular complexity index is 843. The number of aliphatic hydroxyl groups is 1. The van der Waals surface area contributed by atoms with Gasteiger partial charge >= 0.3 is 0 Å². The molecule has 2 heterocycles. The molecule has 0 bridgehead atoms. The highest BCUT2D eigenvalue weighted by Gasteiger charge is 2.43. The number of ether oxygens (including phenoxy) is 2. The highest BCUT2D eigenvalue weighted by Crippen LogP contribution is 2.40. The van der Waals surface area contributed by atoms with E-state index in [1.165, 1.54) is 23.3 Å². The van der Waals surface area contributed by atoms with Gasteiger partial charge in [0.15, 0.2) is 5.76 Å². The summed E-state index contributed by atoms with van der Waals surface area (Å²) >= 11 is 1.27. The third kappa shape index (κ3) is 3.23. The number of aliphatic hydroxyl groups excluding tert-OH is 1. The molecule has 0 fully saturated rings. The first-order valence-electron chi connectivity index (χ1n) is 8.03. The van der Waals surface area contributed by atoms with Crippen molar-refractivity contribution in [3.63, 3.8) is 0 Å². The van der Waals surface area contributed by atoms with Crippen molar-refractivity contribution in [1.82, 2.24) is 4.90 Å². The fourth-order valence-corrected chi connectivity index (χ4v) is 3.68. The molecule has 1 aliphatic heterocycles. The fraction of sp³-hybridized carbons (Fsp3) is 0.263. The van der Waals surface area contributed by atoms with Gasteiger partial charge in [0.25, 0.3) is 5.91 Å². The highest BCUT2D eigenvalue weighted by atomic mass is 32.1. The van der Waals surface area contributed by atoms with Crippen molar-refractivity contribution in [2.24, 2.45) is 0 Å². The van der Waals surface area contributed by atoms with Gasteiger partial charge < -0.3 is 19.5 Å². The van der Waals surface area contributed by atoms with Crippen molar-refractivity contribution >= 4 is 23.0 Å². The van der Waals surface area contributed by atoms with E-state index in [4.69, 9.17) is 9.47 Å². The summed E-state index contributed by atoms with van der Waals surface area (Å²) < 4.78 is 10.3. The van der Waals surface area contributed by atoms with Crippen LogP contribution in [0.1, 0.15) is 21.3 Å². The molecule has 3 rings (SSSR count). The Labute approximate surface area is 155 Å². The number of carbonyl (C=O) groups is 2. The number of rotatable bonds is 7. The molecule has 6 nitrogen and oxygen atoms in total. The van der Waals surface area contributed by atoms with Crippen LogP contribution in [0.15, 0.2) is 53.1 Å².